The van der Waals surface area contributed by atoms with E-state index in [-0.39, 0.29) is 12.7 Å². The maximum atomic E-state index is 12.7. The van der Waals surface area contributed by atoms with E-state index in [9.17, 15) is 14.4 Å². The lowest BCUT2D eigenvalue weighted by molar-refractivity contribution is -0.137. The molecule has 1 fully saturated rings. The number of ether oxygens (including phenoxy) is 3. The molecule has 3 atom stereocenters. The first kappa shape index (κ1) is 23.3. The average molecular weight is 425 g/mol. The number of hydrogen-bond acceptors (Lipinski definition) is 6. The van der Waals surface area contributed by atoms with Crippen LogP contribution in [0.15, 0.2) is 27.9 Å². The standard InChI is InChI=1S/C20H32N2O6Si/c1-8-26-16(23)10-9-14-15(27-19(3,4)5)11-20(28-14,29(6)7)22-12-13(2)17(24)21-18(22)25/h9-10,12,14-15,29H,8,11H2,1-7H3,(H,21,24,25)/t14-,15+,20+/m1/s1. The Labute approximate surface area is 172 Å². The van der Waals surface area contributed by atoms with Crippen LogP contribution in [0.2, 0.25) is 13.1 Å². The lowest BCUT2D eigenvalue weighted by atomic mass is 10.1. The molecule has 2 rings (SSSR count). The van der Waals surface area contributed by atoms with Gasteiger partial charge >= 0.3 is 11.7 Å². The number of aromatic amines is 1. The lowest BCUT2D eigenvalue weighted by Crippen LogP contribution is -2.52. The van der Waals surface area contributed by atoms with Crippen molar-refractivity contribution in [3.05, 3.63) is 44.8 Å². The molecule has 29 heavy (non-hydrogen) atoms. The smallest absolute Gasteiger partial charge is 0.330 e. The third-order valence-corrected chi connectivity index (χ3v) is 7.30. The van der Waals surface area contributed by atoms with E-state index in [0.717, 1.165) is 0 Å². The van der Waals surface area contributed by atoms with Crippen LogP contribution in [0.25, 0.3) is 0 Å². The van der Waals surface area contributed by atoms with E-state index in [2.05, 4.69) is 18.1 Å². The fourth-order valence-corrected chi connectivity index (χ4v) is 5.39. The Morgan fingerprint density at radius 2 is 2.07 bits per heavy atom. The number of esters is 1. The van der Waals surface area contributed by atoms with Crippen molar-refractivity contribution < 1.29 is 19.0 Å². The molecule has 0 unspecified atom stereocenters. The van der Waals surface area contributed by atoms with Crippen LogP contribution in [-0.2, 0) is 24.4 Å². The molecule has 0 aromatic carbocycles. The van der Waals surface area contributed by atoms with Crippen molar-refractivity contribution >= 4 is 14.8 Å². The van der Waals surface area contributed by atoms with E-state index < -0.39 is 43.1 Å². The van der Waals surface area contributed by atoms with Crippen LogP contribution < -0.4 is 11.2 Å². The molecule has 1 aliphatic heterocycles. The summed E-state index contributed by atoms with van der Waals surface area (Å²) in [5.41, 5.74) is -0.928. The largest absolute Gasteiger partial charge is 0.463 e. The van der Waals surface area contributed by atoms with E-state index in [0.29, 0.717) is 12.0 Å². The molecular weight excluding hydrogens is 392 g/mol. The first-order chi connectivity index (χ1) is 13.4. The molecule has 1 aliphatic rings. The second kappa shape index (κ2) is 8.81. The highest BCUT2D eigenvalue weighted by atomic mass is 28.3. The number of nitrogens with one attached hydrogen (secondary N) is 1. The number of rotatable bonds is 6. The number of carbonyl (C=O) groups is 1. The predicted octanol–water partition coefficient (Wildman–Crippen LogP) is 1.62. The Hall–Kier alpha value is -1.97. The minimum Gasteiger partial charge on any atom is -0.463 e. The Balaban J connectivity index is 2.51. The van der Waals surface area contributed by atoms with Crippen molar-refractivity contribution in [3.8, 4) is 0 Å². The molecule has 0 bridgehead atoms. The summed E-state index contributed by atoms with van der Waals surface area (Å²) >= 11 is 0. The minimum atomic E-state index is -1.67. The SMILES string of the molecule is CCOC(=O)C=C[C@H]1O[C@](n2cc(C)c(=O)[nH]c2=O)([SiH](C)C)C[C@@H]1OC(C)(C)C. The van der Waals surface area contributed by atoms with Crippen molar-refractivity contribution in [2.24, 2.45) is 0 Å². The molecule has 8 nitrogen and oxygen atoms in total. The van der Waals surface area contributed by atoms with Crippen LogP contribution in [0, 0.1) is 6.92 Å². The van der Waals surface area contributed by atoms with Gasteiger partial charge in [-0.1, -0.05) is 13.1 Å². The molecule has 0 radical (unpaired) electrons. The quantitative estimate of drug-likeness (QED) is 0.423. The molecule has 0 aliphatic carbocycles. The Morgan fingerprint density at radius 3 is 2.62 bits per heavy atom. The Kier molecular flexibility index (Phi) is 7.08. The van der Waals surface area contributed by atoms with Gasteiger partial charge in [0.1, 0.15) is 11.5 Å². The molecule has 2 heterocycles. The average Bonchev–Trinajstić information content (AvgIpc) is 2.94. The fourth-order valence-electron chi connectivity index (χ4n) is 3.51. The van der Waals surface area contributed by atoms with Gasteiger partial charge in [0, 0.05) is 24.3 Å². The van der Waals surface area contributed by atoms with Crippen LogP contribution in [0.4, 0.5) is 0 Å². The maximum absolute atomic E-state index is 12.7. The van der Waals surface area contributed by atoms with Crippen LogP contribution >= 0.6 is 0 Å². The summed E-state index contributed by atoms with van der Waals surface area (Å²) in [6.07, 6.45) is 4.07. The van der Waals surface area contributed by atoms with Gasteiger partial charge < -0.3 is 14.2 Å². The van der Waals surface area contributed by atoms with E-state index in [1.54, 1.807) is 26.1 Å². The Bertz CT molecular complexity index is 882. The number of nitrogens with zero attached hydrogens (tertiary/aromatic N) is 1. The zero-order chi connectivity index (χ0) is 22.0. The normalized spacial score (nSPS) is 25.1. The summed E-state index contributed by atoms with van der Waals surface area (Å²) in [5.74, 6) is -0.457. The van der Waals surface area contributed by atoms with Gasteiger partial charge in [0.2, 0.25) is 0 Å². The van der Waals surface area contributed by atoms with E-state index >= 15 is 0 Å². The first-order valence-electron chi connectivity index (χ1n) is 9.93. The van der Waals surface area contributed by atoms with Crippen LogP contribution in [-0.4, -0.2) is 48.7 Å². The second-order valence-corrected chi connectivity index (χ2v) is 11.8. The van der Waals surface area contributed by atoms with Crippen LogP contribution in [0.3, 0.4) is 0 Å². The summed E-state index contributed by atoms with van der Waals surface area (Å²) in [5, 5.41) is -0.897. The van der Waals surface area contributed by atoms with Crippen molar-refractivity contribution in [2.75, 3.05) is 6.61 Å². The molecule has 0 saturated carbocycles. The zero-order valence-corrected chi connectivity index (χ0v) is 19.4. The van der Waals surface area contributed by atoms with Crippen LogP contribution in [0.1, 0.15) is 39.7 Å². The van der Waals surface area contributed by atoms with Gasteiger partial charge in [-0.25, -0.2) is 9.59 Å². The summed E-state index contributed by atoms with van der Waals surface area (Å²) in [6, 6.07) is 0. The predicted molar refractivity (Wildman–Crippen MR) is 113 cm³/mol. The summed E-state index contributed by atoms with van der Waals surface area (Å²) in [4.78, 5) is 38.7. The van der Waals surface area contributed by atoms with Gasteiger partial charge in [0.25, 0.3) is 5.56 Å². The van der Waals surface area contributed by atoms with E-state index in [4.69, 9.17) is 14.2 Å². The third-order valence-electron chi connectivity index (χ3n) is 4.84. The summed E-state index contributed by atoms with van der Waals surface area (Å²) in [7, 11) is -1.67. The highest BCUT2D eigenvalue weighted by Gasteiger charge is 2.51. The first-order valence-corrected chi connectivity index (χ1v) is 12.8. The summed E-state index contributed by atoms with van der Waals surface area (Å²) < 4.78 is 19.1. The van der Waals surface area contributed by atoms with Crippen molar-refractivity contribution in [2.45, 2.75) is 77.3 Å². The molecule has 1 aromatic rings. The second-order valence-electron chi connectivity index (χ2n) is 8.61. The topological polar surface area (TPSA) is 99.6 Å². The minimum absolute atomic E-state index is 0.283. The Morgan fingerprint density at radius 1 is 1.41 bits per heavy atom. The number of hydrogen-bond donors (Lipinski definition) is 1. The molecule has 1 N–H and O–H groups in total. The number of carbonyl (C=O) groups excluding carboxylic acids is 1. The lowest BCUT2D eigenvalue weighted by Gasteiger charge is -2.34. The van der Waals surface area contributed by atoms with Gasteiger partial charge in [-0.05, 0) is 40.7 Å². The van der Waals surface area contributed by atoms with Crippen molar-refractivity contribution in [3.63, 3.8) is 0 Å². The van der Waals surface area contributed by atoms with Gasteiger partial charge in [-0.15, -0.1) is 0 Å². The zero-order valence-electron chi connectivity index (χ0n) is 18.3. The number of aromatic nitrogens is 2. The van der Waals surface area contributed by atoms with E-state index in [1.807, 2.05) is 20.8 Å². The van der Waals surface area contributed by atoms with Crippen molar-refractivity contribution in [1.29, 1.82) is 0 Å². The van der Waals surface area contributed by atoms with Crippen LogP contribution in [0.5, 0.6) is 0 Å². The summed E-state index contributed by atoms with van der Waals surface area (Å²) in [6.45, 7) is 13.7. The highest BCUT2D eigenvalue weighted by molar-refractivity contribution is 6.58. The van der Waals surface area contributed by atoms with Gasteiger partial charge in [0.15, 0.2) is 0 Å². The third kappa shape index (κ3) is 5.34. The number of aryl methyl sites for hydroxylation is 1. The number of H-pyrrole nitrogens is 1. The fraction of sp³-hybridized carbons (Fsp3) is 0.650. The van der Waals surface area contributed by atoms with Gasteiger partial charge in [-0.2, -0.15) is 0 Å². The highest BCUT2D eigenvalue weighted by Crippen LogP contribution is 2.40. The van der Waals surface area contributed by atoms with Gasteiger partial charge in [-0.3, -0.25) is 14.3 Å². The van der Waals surface area contributed by atoms with Crippen molar-refractivity contribution in [1.82, 2.24) is 9.55 Å². The molecule has 1 aromatic heterocycles. The van der Waals surface area contributed by atoms with E-state index in [1.165, 1.54) is 10.6 Å². The molecular formula is C20H32N2O6Si. The molecule has 162 valence electrons. The maximum Gasteiger partial charge on any atom is 0.330 e. The molecule has 0 spiro atoms. The molecule has 0 amide bonds. The monoisotopic (exact) mass is 424 g/mol. The van der Waals surface area contributed by atoms with Gasteiger partial charge in [0.05, 0.1) is 27.1 Å². The molecule has 1 saturated heterocycles. The molecule has 9 heteroatoms.